The van der Waals surface area contributed by atoms with Gasteiger partial charge in [-0.1, -0.05) is 0 Å². The van der Waals surface area contributed by atoms with E-state index in [2.05, 4.69) is 20.9 Å². The van der Waals surface area contributed by atoms with Crippen molar-refractivity contribution in [3.05, 3.63) is 40.9 Å². The van der Waals surface area contributed by atoms with Crippen molar-refractivity contribution in [2.75, 3.05) is 13.2 Å². The summed E-state index contributed by atoms with van der Waals surface area (Å²) in [6, 6.07) is 3.65. The third kappa shape index (κ3) is 4.47. The van der Waals surface area contributed by atoms with E-state index in [0.717, 1.165) is 23.0 Å². The number of hydrogen-bond acceptors (Lipinski definition) is 4. The van der Waals surface area contributed by atoms with Crippen molar-refractivity contribution in [2.24, 2.45) is 0 Å². The van der Waals surface area contributed by atoms with Gasteiger partial charge in [-0.25, -0.2) is 4.98 Å². The van der Waals surface area contributed by atoms with Gasteiger partial charge in [-0.3, -0.25) is 0 Å². The molecule has 0 aliphatic heterocycles. The molecule has 6 heteroatoms. The van der Waals surface area contributed by atoms with E-state index < -0.39 is 0 Å². The van der Waals surface area contributed by atoms with Gasteiger partial charge < -0.3 is 19.1 Å². The predicted octanol–water partition coefficient (Wildman–Crippen LogP) is 3.01. The maximum atomic E-state index is 9.24. The van der Waals surface area contributed by atoms with Crippen LogP contribution in [0, 0.1) is 0 Å². The van der Waals surface area contributed by atoms with Crippen LogP contribution in [0.1, 0.15) is 18.9 Å². The zero-order chi connectivity index (χ0) is 15.1. The van der Waals surface area contributed by atoms with Gasteiger partial charge in [0.05, 0.1) is 30.6 Å². The van der Waals surface area contributed by atoms with Crippen molar-refractivity contribution < 1.29 is 14.6 Å². The third-order valence-corrected chi connectivity index (χ3v) is 3.51. The van der Waals surface area contributed by atoms with Crippen LogP contribution >= 0.6 is 15.9 Å². The average Bonchev–Trinajstić information content (AvgIpc) is 2.99. The Morgan fingerprint density at radius 1 is 1.33 bits per heavy atom. The van der Waals surface area contributed by atoms with E-state index >= 15 is 0 Å². The van der Waals surface area contributed by atoms with Crippen molar-refractivity contribution in [2.45, 2.75) is 26.5 Å². The highest BCUT2D eigenvalue weighted by molar-refractivity contribution is 9.10. The van der Waals surface area contributed by atoms with Crippen LogP contribution in [-0.4, -0.2) is 27.9 Å². The Morgan fingerprint density at radius 2 is 2.19 bits per heavy atom. The lowest BCUT2D eigenvalue weighted by Crippen LogP contribution is -2.05. The standard InChI is InChI=1S/C15H19BrN2O3/c1-2-20-14-9-12(10-19)8-13(16)15(14)21-7-3-5-18-6-4-17-11-18/h4,6,8-9,11,19H,2-3,5,7,10H2,1H3. The quantitative estimate of drug-likeness (QED) is 0.740. The summed E-state index contributed by atoms with van der Waals surface area (Å²) in [6.45, 7) is 3.88. The molecule has 0 radical (unpaired) electrons. The number of aryl methyl sites for hydroxylation is 1. The van der Waals surface area contributed by atoms with Crippen LogP contribution in [0.3, 0.4) is 0 Å². The van der Waals surface area contributed by atoms with Crippen molar-refractivity contribution in [1.29, 1.82) is 0 Å². The molecule has 0 unspecified atom stereocenters. The fourth-order valence-corrected chi connectivity index (χ4v) is 2.56. The molecule has 0 amide bonds. The first kappa shape index (κ1) is 15.9. The number of nitrogens with zero attached hydrogens (tertiary/aromatic N) is 2. The molecule has 0 atom stereocenters. The van der Waals surface area contributed by atoms with E-state index in [4.69, 9.17) is 9.47 Å². The number of hydrogen-bond donors (Lipinski definition) is 1. The van der Waals surface area contributed by atoms with Crippen LogP contribution in [0.15, 0.2) is 35.3 Å². The second kappa shape index (κ2) is 8.05. The normalized spacial score (nSPS) is 10.6. The van der Waals surface area contributed by atoms with E-state index in [1.807, 2.05) is 23.8 Å². The third-order valence-electron chi connectivity index (χ3n) is 2.92. The summed E-state index contributed by atoms with van der Waals surface area (Å²) >= 11 is 3.47. The molecule has 0 saturated carbocycles. The fourth-order valence-electron chi connectivity index (χ4n) is 1.96. The van der Waals surface area contributed by atoms with Gasteiger partial charge in [0.2, 0.25) is 0 Å². The molecular formula is C15H19BrN2O3. The lowest BCUT2D eigenvalue weighted by molar-refractivity contribution is 0.262. The highest BCUT2D eigenvalue weighted by Gasteiger charge is 2.12. The Hall–Kier alpha value is -1.53. The molecule has 2 rings (SSSR count). The summed E-state index contributed by atoms with van der Waals surface area (Å²) in [6.07, 6.45) is 6.35. The maximum absolute atomic E-state index is 9.24. The number of ether oxygens (including phenoxy) is 2. The summed E-state index contributed by atoms with van der Waals surface area (Å²) in [4.78, 5) is 4.00. The molecule has 21 heavy (non-hydrogen) atoms. The Kier molecular flexibility index (Phi) is 6.07. The summed E-state index contributed by atoms with van der Waals surface area (Å²) in [5.74, 6) is 1.33. The number of benzene rings is 1. The molecule has 0 aliphatic carbocycles. The Balaban J connectivity index is 1.97. The molecule has 5 nitrogen and oxygen atoms in total. The average molecular weight is 355 g/mol. The molecule has 0 aliphatic rings. The molecule has 0 saturated heterocycles. The van der Waals surface area contributed by atoms with Gasteiger partial charge in [-0.05, 0) is 47.0 Å². The molecular weight excluding hydrogens is 336 g/mol. The van der Waals surface area contributed by atoms with Gasteiger partial charge in [0, 0.05) is 18.9 Å². The van der Waals surface area contributed by atoms with Gasteiger partial charge in [0.1, 0.15) is 0 Å². The lowest BCUT2D eigenvalue weighted by Gasteiger charge is -2.15. The highest BCUT2D eigenvalue weighted by atomic mass is 79.9. The minimum atomic E-state index is -0.0282. The van der Waals surface area contributed by atoms with Crippen LogP contribution in [0.25, 0.3) is 0 Å². The Morgan fingerprint density at radius 3 is 2.86 bits per heavy atom. The zero-order valence-electron chi connectivity index (χ0n) is 12.0. The van der Waals surface area contributed by atoms with Crippen LogP contribution in [0.5, 0.6) is 11.5 Å². The minimum absolute atomic E-state index is 0.0282. The molecule has 1 aromatic carbocycles. The van der Waals surface area contributed by atoms with Gasteiger partial charge >= 0.3 is 0 Å². The highest BCUT2D eigenvalue weighted by Crippen LogP contribution is 2.37. The van der Waals surface area contributed by atoms with Crippen LogP contribution in [0.2, 0.25) is 0 Å². The van der Waals surface area contributed by atoms with E-state index in [1.165, 1.54) is 0 Å². The second-order valence-corrected chi connectivity index (χ2v) is 5.35. The van der Waals surface area contributed by atoms with E-state index in [0.29, 0.717) is 24.7 Å². The number of halogens is 1. The van der Waals surface area contributed by atoms with E-state index in [1.54, 1.807) is 18.6 Å². The minimum Gasteiger partial charge on any atom is -0.490 e. The van der Waals surface area contributed by atoms with Gasteiger partial charge in [0.25, 0.3) is 0 Å². The van der Waals surface area contributed by atoms with Crippen molar-refractivity contribution in [1.82, 2.24) is 9.55 Å². The first-order valence-electron chi connectivity index (χ1n) is 6.89. The summed E-state index contributed by atoms with van der Waals surface area (Å²) in [5.41, 5.74) is 0.788. The zero-order valence-corrected chi connectivity index (χ0v) is 13.5. The molecule has 0 spiro atoms. The summed E-state index contributed by atoms with van der Waals surface area (Å²) < 4.78 is 14.2. The van der Waals surface area contributed by atoms with Gasteiger partial charge in [-0.2, -0.15) is 0 Å². The summed E-state index contributed by atoms with van der Waals surface area (Å²) in [5, 5.41) is 9.24. The van der Waals surface area contributed by atoms with Crippen molar-refractivity contribution in [3.63, 3.8) is 0 Å². The molecule has 1 aromatic heterocycles. The Bertz CT molecular complexity index is 558. The molecule has 0 bridgehead atoms. The van der Waals surface area contributed by atoms with E-state index in [9.17, 15) is 5.11 Å². The number of rotatable bonds is 8. The lowest BCUT2D eigenvalue weighted by atomic mass is 10.2. The topological polar surface area (TPSA) is 56.5 Å². The van der Waals surface area contributed by atoms with Crippen LogP contribution in [-0.2, 0) is 13.2 Å². The Labute approximate surface area is 132 Å². The van der Waals surface area contributed by atoms with Crippen molar-refractivity contribution in [3.8, 4) is 11.5 Å². The number of aliphatic hydroxyl groups is 1. The molecule has 114 valence electrons. The molecule has 2 aromatic rings. The molecule has 0 fully saturated rings. The number of aliphatic hydroxyl groups excluding tert-OH is 1. The smallest absolute Gasteiger partial charge is 0.175 e. The predicted molar refractivity (Wildman–Crippen MR) is 83.6 cm³/mol. The van der Waals surface area contributed by atoms with Crippen molar-refractivity contribution >= 4 is 15.9 Å². The van der Waals surface area contributed by atoms with Crippen LogP contribution < -0.4 is 9.47 Å². The molecule has 1 N–H and O–H groups in total. The monoisotopic (exact) mass is 354 g/mol. The maximum Gasteiger partial charge on any atom is 0.175 e. The van der Waals surface area contributed by atoms with Gasteiger partial charge in [0.15, 0.2) is 11.5 Å². The fraction of sp³-hybridized carbons (Fsp3) is 0.400. The number of aromatic nitrogens is 2. The van der Waals surface area contributed by atoms with Gasteiger partial charge in [-0.15, -0.1) is 0 Å². The second-order valence-electron chi connectivity index (χ2n) is 4.50. The largest absolute Gasteiger partial charge is 0.490 e. The molecule has 1 heterocycles. The van der Waals surface area contributed by atoms with Crippen LogP contribution in [0.4, 0.5) is 0 Å². The summed E-state index contributed by atoms with van der Waals surface area (Å²) in [7, 11) is 0. The first-order chi connectivity index (χ1) is 10.2. The number of imidazole rings is 1. The van der Waals surface area contributed by atoms with E-state index in [-0.39, 0.29) is 6.61 Å². The first-order valence-corrected chi connectivity index (χ1v) is 7.68. The SMILES string of the molecule is CCOc1cc(CO)cc(Br)c1OCCCn1ccnc1.